The zero-order valence-electron chi connectivity index (χ0n) is 18.0. The fourth-order valence-electron chi connectivity index (χ4n) is 3.21. The number of thioether (sulfide) groups is 1. The Labute approximate surface area is 206 Å². The minimum Gasteiger partial charge on any atom is -0.490 e. The van der Waals surface area contributed by atoms with E-state index in [1.165, 1.54) is 0 Å². The summed E-state index contributed by atoms with van der Waals surface area (Å²) in [5, 5.41) is 0.00591. The van der Waals surface area contributed by atoms with E-state index in [4.69, 9.17) is 21.1 Å². The fourth-order valence-corrected chi connectivity index (χ4v) is 4.16. The van der Waals surface area contributed by atoms with Crippen molar-refractivity contribution < 1.29 is 23.9 Å². The number of halogens is 1. The minimum absolute atomic E-state index is 0.227. The Morgan fingerprint density at radius 2 is 1.56 bits per heavy atom. The Kier molecular flexibility index (Phi) is 7.67. The van der Waals surface area contributed by atoms with Crippen molar-refractivity contribution in [3.8, 4) is 11.5 Å². The number of ketones is 1. The van der Waals surface area contributed by atoms with Crippen LogP contribution in [0.3, 0.4) is 0 Å². The second kappa shape index (κ2) is 11.0. The SMILES string of the molecule is O=C(CN1C(=O)S/C(=C/c2ccccc2OCCOc2ccccc2)C1=O)c1ccc(Cl)cc1. The van der Waals surface area contributed by atoms with Gasteiger partial charge in [-0.2, -0.15) is 0 Å². The number of amides is 2. The van der Waals surface area contributed by atoms with E-state index in [9.17, 15) is 14.4 Å². The van der Waals surface area contributed by atoms with Crippen LogP contribution in [0, 0.1) is 0 Å². The Morgan fingerprint density at radius 3 is 2.32 bits per heavy atom. The van der Waals surface area contributed by atoms with Gasteiger partial charge in [-0.25, -0.2) is 0 Å². The summed E-state index contributed by atoms with van der Waals surface area (Å²) in [4.78, 5) is 39.0. The molecule has 1 saturated heterocycles. The summed E-state index contributed by atoms with van der Waals surface area (Å²) >= 11 is 6.65. The predicted molar refractivity (Wildman–Crippen MR) is 132 cm³/mol. The highest BCUT2D eigenvalue weighted by molar-refractivity contribution is 8.18. The molecule has 172 valence electrons. The minimum atomic E-state index is -0.514. The number of para-hydroxylation sites is 2. The van der Waals surface area contributed by atoms with Crippen LogP contribution < -0.4 is 9.47 Å². The summed E-state index contributed by atoms with van der Waals surface area (Å²) in [6.45, 7) is 0.317. The third kappa shape index (κ3) is 5.87. The van der Waals surface area contributed by atoms with Crippen molar-refractivity contribution in [2.24, 2.45) is 0 Å². The number of carbonyl (C=O) groups is 3. The van der Waals surface area contributed by atoms with E-state index < -0.39 is 11.1 Å². The molecule has 0 aliphatic carbocycles. The number of hydrogen-bond donors (Lipinski definition) is 0. The van der Waals surface area contributed by atoms with Crippen LogP contribution in [0.2, 0.25) is 5.02 Å². The van der Waals surface area contributed by atoms with Crippen molar-refractivity contribution in [3.63, 3.8) is 0 Å². The third-order valence-electron chi connectivity index (χ3n) is 4.90. The van der Waals surface area contributed by atoms with Gasteiger partial charge in [0, 0.05) is 16.1 Å². The topological polar surface area (TPSA) is 72.9 Å². The van der Waals surface area contributed by atoms with Gasteiger partial charge in [0.25, 0.3) is 11.1 Å². The molecule has 3 aromatic carbocycles. The Hall–Kier alpha value is -3.55. The van der Waals surface area contributed by atoms with Gasteiger partial charge in [-0.1, -0.05) is 48.0 Å². The molecule has 34 heavy (non-hydrogen) atoms. The number of nitrogens with zero attached hydrogens (tertiary/aromatic N) is 1. The van der Waals surface area contributed by atoms with Gasteiger partial charge in [-0.15, -0.1) is 0 Å². The number of hydrogen-bond acceptors (Lipinski definition) is 6. The van der Waals surface area contributed by atoms with Gasteiger partial charge in [0.15, 0.2) is 5.78 Å². The Bertz CT molecular complexity index is 1230. The van der Waals surface area contributed by atoms with Crippen LogP contribution in [0.4, 0.5) is 4.79 Å². The van der Waals surface area contributed by atoms with Crippen LogP contribution in [-0.2, 0) is 4.79 Å². The molecule has 3 aromatic rings. The predicted octanol–water partition coefficient (Wildman–Crippen LogP) is 5.72. The first kappa shape index (κ1) is 23.6. The van der Waals surface area contributed by atoms with Crippen molar-refractivity contribution in [2.45, 2.75) is 0 Å². The molecule has 1 fully saturated rings. The number of imide groups is 1. The normalized spacial score (nSPS) is 14.5. The largest absolute Gasteiger partial charge is 0.490 e. The molecule has 1 aliphatic heterocycles. The van der Waals surface area contributed by atoms with Crippen LogP contribution in [0.1, 0.15) is 15.9 Å². The molecule has 0 spiro atoms. The first-order chi connectivity index (χ1) is 16.5. The monoisotopic (exact) mass is 493 g/mol. The highest BCUT2D eigenvalue weighted by Crippen LogP contribution is 2.34. The summed E-state index contributed by atoms with van der Waals surface area (Å²) < 4.78 is 11.5. The van der Waals surface area contributed by atoms with Crippen molar-refractivity contribution in [1.29, 1.82) is 0 Å². The van der Waals surface area contributed by atoms with E-state index in [0.29, 0.717) is 35.1 Å². The molecule has 1 heterocycles. The molecule has 0 atom stereocenters. The molecule has 0 radical (unpaired) electrons. The molecule has 0 N–H and O–H groups in total. The number of benzene rings is 3. The number of carbonyl (C=O) groups excluding carboxylic acids is 3. The van der Waals surface area contributed by atoms with Gasteiger partial charge in [0.1, 0.15) is 24.7 Å². The lowest BCUT2D eigenvalue weighted by molar-refractivity contribution is -0.122. The quantitative estimate of drug-likeness (QED) is 0.216. The van der Waals surface area contributed by atoms with Crippen molar-refractivity contribution in [1.82, 2.24) is 4.90 Å². The summed E-state index contributed by atoms with van der Waals surface area (Å²) in [5.74, 6) is 0.450. The number of rotatable bonds is 9. The zero-order valence-corrected chi connectivity index (χ0v) is 19.6. The van der Waals surface area contributed by atoms with E-state index in [2.05, 4.69) is 0 Å². The van der Waals surface area contributed by atoms with Crippen molar-refractivity contribution >= 4 is 46.4 Å². The molecular formula is C26H20ClNO5S. The van der Waals surface area contributed by atoms with Crippen LogP contribution in [-0.4, -0.2) is 41.6 Å². The second-order valence-corrected chi connectivity index (χ2v) is 8.68. The maximum Gasteiger partial charge on any atom is 0.293 e. The van der Waals surface area contributed by atoms with Crippen LogP contribution in [0.5, 0.6) is 11.5 Å². The number of ether oxygens (including phenoxy) is 2. The van der Waals surface area contributed by atoms with Crippen LogP contribution in [0.15, 0.2) is 83.8 Å². The summed E-state index contributed by atoms with van der Waals surface area (Å²) in [5.41, 5.74) is 1.03. The van der Waals surface area contributed by atoms with E-state index >= 15 is 0 Å². The van der Waals surface area contributed by atoms with Gasteiger partial charge in [0.05, 0.1) is 11.4 Å². The van der Waals surface area contributed by atoms with Gasteiger partial charge in [-0.05, 0) is 60.3 Å². The smallest absolute Gasteiger partial charge is 0.293 e. The molecule has 0 bridgehead atoms. The average Bonchev–Trinajstić information content (AvgIpc) is 3.11. The van der Waals surface area contributed by atoms with Crippen LogP contribution >= 0.6 is 23.4 Å². The van der Waals surface area contributed by atoms with Gasteiger partial charge >= 0.3 is 0 Å². The maximum absolute atomic E-state index is 12.9. The summed E-state index contributed by atoms with van der Waals surface area (Å²) in [6.07, 6.45) is 1.60. The highest BCUT2D eigenvalue weighted by atomic mass is 35.5. The molecule has 4 rings (SSSR count). The lowest BCUT2D eigenvalue weighted by Crippen LogP contribution is -2.33. The van der Waals surface area contributed by atoms with E-state index in [0.717, 1.165) is 22.4 Å². The van der Waals surface area contributed by atoms with E-state index in [1.807, 2.05) is 42.5 Å². The summed E-state index contributed by atoms with van der Waals surface area (Å²) in [6, 6.07) is 22.9. The standard InChI is InChI=1S/C26H20ClNO5S/c27-20-12-10-18(11-13-20)22(29)17-28-25(30)24(34-26(28)31)16-19-6-4-5-9-23(19)33-15-14-32-21-7-2-1-3-8-21/h1-13,16H,14-15,17H2/b24-16+. The average molecular weight is 494 g/mol. The molecule has 0 aromatic heterocycles. The van der Waals surface area contributed by atoms with Gasteiger partial charge in [-0.3, -0.25) is 19.3 Å². The fraction of sp³-hybridized carbons (Fsp3) is 0.115. The molecular weight excluding hydrogens is 474 g/mol. The van der Waals surface area contributed by atoms with Crippen LogP contribution in [0.25, 0.3) is 6.08 Å². The molecule has 1 aliphatic rings. The molecule has 6 nitrogen and oxygen atoms in total. The van der Waals surface area contributed by atoms with Crippen molar-refractivity contribution in [2.75, 3.05) is 19.8 Å². The zero-order chi connectivity index (χ0) is 23.9. The molecule has 0 unspecified atom stereocenters. The Balaban J connectivity index is 1.40. The lowest BCUT2D eigenvalue weighted by atomic mass is 10.1. The highest BCUT2D eigenvalue weighted by Gasteiger charge is 2.36. The van der Waals surface area contributed by atoms with Crippen molar-refractivity contribution in [3.05, 3.63) is 99.9 Å². The second-order valence-electron chi connectivity index (χ2n) is 7.25. The summed E-state index contributed by atoms with van der Waals surface area (Å²) in [7, 11) is 0. The molecule has 2 amide bonds. The first-order valence-corrected chi connectivity index (χ1v) is 11.6. The Morgan fingerprint density at radius 1 is 0.882 bits per heavy atom. The van der Waals surface area contributed by atoms with E-state index in [1.54, 1.807) is 42.5 Å². The van der Waals surface area contributed by atoms with E-state index in [-0.39, 0.29) is 17.2 Å². The third-order valence-corrected chi connectivity index (χ3v) is 6.06. The van der Waals surface area contributed by atoms with Gasteiger partial charge in [0.2, 0.25) is 0 Å². The van der Waals surface area contributed by atoms with Gasteiger partial charge < -0.3 is 9.47 Å². The lowest BCUT2D eigenvalue weighted by Gasteiger charge is -2.12. The first-order valence-electron chi connectivity index (χ1n) is 10.4. The molecule has 8 heteroatoms. The maximum atomic E-state index is 12.9. The number of Topliss-reactive ketones (excluding diaryl/α,β-unsaturated/α-hetero) is 1. The molecule has 0 saturated carbocycles.